The maximum atomic E-state index is 13.6. The van der Waals surface area contributed by atoms with Crippen molar-refractivity contribution in [1.29, 1.82) is 0 Å². The van der Waals surface area contributed by atoms with Gasteiger partial charge in [-0.15, -0.1) is 0 Å². The van der Waals surface area contributed by atoms with Gasteiger partial charge in [0.15, 0.2) is 11.2 Å². The summed E-state index contributed by atoms with van der Waals surface area (Å²) < 4.78 is 7.93. The van der Waals surface area contributed by atoms with Crippen LogP contribution in [0, 0.1) is 5.92 Å². The molecule has 0 radical (unpaired) electrons. The van der Waals surface area contributed by atoms with E-state index in [1.807, 2.05) is 13.8 Å². The van der Waals surface area contributed by atoms with Crippen molar-refractivity contribution in [3.63, 3.8) is 0 Å². The van der Waals surface area contributed by atoms with Gasteiger partial charge in [0.05, 0.1) is 13.2 Å². The minimum absolute atomic E-state index is 0.0105. The fourth-order valence-electron chi connectivity index (χ4n) is 4.50. The average Bonchev–Trinajstić information content (AvgIpc) is 3.63. The molecule has 200 valence electrons. The molecule has 4 N–H and O–H groups in total. The molecule has 2 aliphatic rings. The SMILES string of the molecule is CC(C)Cn1c(O)c(C(=O)NC2CC2)c(=O)n2nc(-c3cccnc3N)c(C=CC(=O)N3CCOCC3)c12. The van der Waals surface area contributed by atoms with Gasteiger partial charge in [-0.1, -0.05) is 13.8 Å². The van der Waals surface area contributed by atoms with Crippen LogP contribution in [-0.4, -0.2) is 73.3 Å². The molecule has 2 amide bonds. The molecule has 3 aromatic rings. The number of fused-ring (bicyclic) bond motifs is 1. The largest absolute Gasteiger partial charge is 0.494 e. The van der Waals surface area contributed by atoms with Crippen LogP contribution in [0.1, 0.15) is 42.6 Å². The summed E-state index contributed by atoms with van der Waals surface area (Å²) in [5.74, 6) is -1.09. The molecule has 0 aromatic carbocycles. The summed E-state index contributed by atoms with van der Waals surface area (Å²) in [5, 5.41) is 18.6. The first-order valence-electron chi connectivity index (χ1n) is 12.7. The zero-order chi connectivity index (χ0) is 27.0. The predicted octanol–water partition coefficient (Wildman–Crippen LogP) is 1.27. The molecule has 3 aromatic heterocycles. The first kappa shape index (κ1) is 25.5. The van der Waals surface area contributed by atoms with E-state index in [2.05, 4.69) is 15.4 Å². The van der Waals surface area contributed by atoms with Gasteiger partial charge in [0, 0.05) is 49.1 Å². The Hall–Kier alpha value is -4.19. The van der Waals surface area contributed by atoms with Crippen LogP contribution in [-0.2, 0) is 16.1 Å². The topological polar surface area (TPSA) is 157 Å². The van der Waals surface area contributed by atoms with E-state index in [1.54, 1.807) is 23.1 Å². The molecule has 0 unspecified atom stereocenters. The van der Waals surface area contributed by atoms with Crippen LogP contribution in [0.4, 0.5) is 5.82 Å². The molecule has 12 heteroatoms. The normalized spacial score (nSPS) is 16.0. The highest BCUT2D eigenvalue weighted by Gasteiger charge is 2.31. The molecule has 1 saturated heterocycles. The number of pyridine rings is 1. The lowest BCUT2D eigenvalue weighted by Gasteiger charge is -2.25. The highest BCUT2D eigenvalue weighted by molar-refractivity contribution is 5.98. The van der Waals surface area contributed by atoms with Gasteiger partial charge in [0.2, 0.25) is 11.8 Å². The number of nitrogens with zero attached hydrogens (tertiary/aromatic N) is 5. The number of anilines is 1. The second-order valence-corrected chi connectivity index (χ2v) is 9.96. The summed E-state index contributed by atoms with van der Waals surface area (Å²) in [6, 6.07) is 3.39. The Labute approximate surface area is 218 Å². The van der Waals surface area contributed by atoms with E-state index in [0.717, 1.165) is 17.4 Å². The summed E-state index contributed by atoms with van der Waals surface area (Å²) in [7, 11) is 0. The molecule has 1 aliphatic carbocycles. The minimum atomic E-state index is -0.765. The van der Waals surface area contributed by atoms with Crippen LogP contribution in [0.15, 0.2) is 29.2 Å². The number of nitrogens with one attached hydrogen (secondary N) is 1. The standard InChI is InChI=1S/C26H31N7O5/c1-15(2)14-32-24-18(7-8-19(34)31-10-12-38-13-11-31)21(17-4-3-9-28-22(17)27)30-33(24)26(37)20(25(32)36)23(35)29-16-5-6-16/h3-4,7-9,15-16,36H,5-6,10-14H2,1-2H3,(H2,27,28)(H,29,35). The Bertz CT molecular complexity index is 1480. The monoisotopic (exact) mass is 521 g/mol. The molecule has 0 spiro atoms. The highest BCUT2D eigenvalue weighted by atomic mass is 16.5. The van der Waals surface area contributed by atoms with E-state index in [4.69, 9.17) is 10.5 Å². The number of hydrogen-bond donors (Lipinski definition) is 3. The quantitative estimate of drug-likeness (QED) is 0.392. The maximum absolute atomic E-state index is 13.6. The van der Waals surface area contributed by atoms with Crippen molar-refractivity contribution in [2.75, 3.05) is 32.0 Å². The van der Waals surface area contributed by atoms with Crippen molar-refractivity contribution in [2.45, 2.75) is 39.3 Å². The fraction of sp³-hybridized carbons (Fsp3) is 0.423. The second kappa shape index (κ2) is 10.3. The van der Waals surface area contributed by atoms with Gasteiger partial charge in [-0.25, -0.2) is 4.98 Å². The van der Waals surface area contributed by atoms with E-state index in [-0.39, 0.29) is 41.4 Å². The molecule has 2 fully saturated rings. The van der Waals surface area contributed by atoms with Gasteiger partial charge in [-0.3, -0.25) is 19.0 Å². The van der Waals surface area contributed by atoms with Crippen LogP contribution in [0.25, 0.3) is 23.0 Å². The summed E-state index contributed by atoms with van der Waals surface area (Å²) in [5.41, 5.74) is 6.42. The van der Waals surface area contributed by atoms with Crippen molar-refractivity contribution < 1.29 is 19.4 Å². The van der Waals surface area contributed by atoms with Crippen LogP contribution >= 0.6 is 0 Å². The van der Waals surface area contributed by atoms with Crippen LogP contribution in [0.2, 0.25) is 0 Å². The number of rotatable bonds is 7. The Morgan fingerprint density at radius 1 is 1.29 bits per heavy atom. The summed E-state index contributed by atoms with van der Waals surface area (Å²) in [4.78, 5) is 45.4. The van der Waals surface area contributed by atoms with E-state index < -0.39 is 17.3 Å². The van der Waals surface area contributed by atoms with Crippen molar-refractivity contribution in [1.82, 2.24) is 29.4 Å². The van der Waals surface area contributed by atoms with Gasteiger partial charge in [0.25, 0.3) is 11.5 Å². The van der Waals surface area contributed by atoms with Crippen LogP contribution in [0.5, 0.6) is 5.88 Å². The minimum Gasteiger partial charge on any atom is -0.494 e. The van der Waals surface area contributed by atoms with Crippen molar-refractivity contribution in [2.24, 2.45) is 5.92 Å². The number of aromatic hydroxyl groups is 1. The molecule has 12 nitrogen and oxygen atoms in total. The first-order valence-corrected chi connectivity index (χ1v) is 12.7. The number of hydrogen-bond acceptors (Lipinski definition) is 8. The van der Waals surface area contributed by atoms with E-state index >= 15 is 0 Å². The number of aromatic nitrogens is 4. The van der Waals surface area contributed by atoms with Gasteiger partial charge < -0.3 is 25.8 Å². The Kier molecular flexibility index (Phi) is 6.89. The summed E-state index contributed by atoms with van der Waals surface area (Å²) >= 11 is 0. The van der Waals surface area contributed by atoms with Gasteiger partial charge in [-0.2, -0.15) is 9.61 Å². The maximum Gasteiger partial charge on any atom is 0.291 e. The predicted molar refractivity (Wildman–Crippen MR) is 141 cm³/mol. The van der Waals surface area contributed by atoms with Crippen molar-refractivity contribution in [3.8, 4) is 17.1 Å². The lowest BCUT2D eigenvalue weighted by Crippen LogP contribution is -2.39. The molecule has 38 heavy (non-hydrogen) atoms. The molecule has 5 rings (SSSR count). The number of ether oxygens (including phenoxy) is 1. The summed E-state index contributed by atoms with van der Waals surface area (Å²) in [6.45, 7) is 6.04. The number of nitrogen functional groups attached to an aromatic ring is 1. The Balaban J connectivity index is 1.74. The Morgan fingerprint density at radius 2 is 2.03 bits per heavy atom. The molecule has 1 saturated carbocycles. The number of amides is 2. The first-order chi connectivity index (χ1) is 18.3. The fourth-order valence-corrected chi connectivity index (χ4v) is 4.50. The molecular weight excluding hydrogens is 490 g/mol. The van der Waals surface area contributed by atoms with E-state index in [1.165, 1.54) is 16.8 Å². The molecule has 0 atom stereocenters. The molecule has 0 bridgehead atoms. The van der Waals surface area contributed by atoms with Gasteiger partial charge in [-0.05, 0) is 37.0 Å². The van der Waals surface area contributed by atoms with Crippen LogP contribution in [0.3, 0.4) is 0 Å². The third-order valence-corrected chi connectivity index (χ3v) is 6.53. The smallest absolute Gasteiger partial charge is 0.291 e. The van der Waals surface area contributed by atoms with Crippen molar-refractivity contribution in [3.05, 3.63) is 45.9 Å². The lowest BCUT2D eigenvalue weighted by atomic mass is 10.1. The second-order valence-electron chi connectivity index (χ2n) is 9.96. The summed E-state index contributed by atoms with van der Waals surface area (Å²) in [6.07, 6.45) is 6.17. The lowest BCUT2D eigenvalue weighted by molar-refractivity contribution is -0.129. The number of carbonyl (C=O) groups excluding carboxylic acids is 2. The van der Waals surface area contributed by atoms with E-state index in [9.17, 15) is 19.5 Å². The third kappa shape index (κ3) is 4.86. The van der Waals surface area contributed by atoms with Gasteiger partial charge in [0.1, 0.15) is 11.5 Å². The zero-order valence-electron chi connectivity index (χ0n) is 21.4. The molecule has 1 aliphatic heterocycles. The van der Waals surface area contributed by atoms with E-state index in [0.29, 0.717) is 43.1 Å². The number of morpholine rings is 1. The molecular formula is C26H31N7O5. The third-order valence-electron chi connectivity index (χ3n) is 6.53. The Morgan fingerprint density at radius 3 is 2.68 bits per heavy atom. The highest BCUT2D eigenvalue weighted by Crippen LogP contribution is 2.32. The number of nitrogens with two attached hydrogens (primary N) is 1. The zero-order valence-corrected chi connectivity index (χ0v) is 21.4. The van der Waals surface area contributed by atoms with Gasteiger partial charge >= 0.3 is 0 Å². The molecule has 4 heterocycles. The number of carbonyl (C=O) groups is 2. The van der Waals surface area contributed by atoms with Crippen molar-refractivity contribution >= 4 is 29.4 Å². The van der Waals surface area contributed by atoms with Crippen LogP contribution < -0.4 is 16.6 Å². The average molecular weight is 522 g/mol.